The van der Waals surface area contributed by atoms with Crippen molar-refractivity contribution >= 4 is 54.3 Å². The van der Waals surface area contributed by atoms with Crippen LogP contribution in [0, 0.1) is 0 Å². The Balaban J connectivity index is 1.34. The molecule has 0 amide bonds. The van der Waals surface area contributed by atoms with Crippen molar-refractivity contribution in [3.63, 3.8) is 0 Å². The van der Waals surface area contributed by atoms with Crippen LogP contribution in [0.25, 0.3) is 76.5 Å². The largest absolute Gasteiger partial charge is 0.456 e. The molecule has 0 aliphatic rings. The van der Waals surface area contributed by atoms with E-state index in [-0.39, 0.29) is 0 Å². The Morgan fingerprint density at radius 1 is 0.324 bits per heavy atom. The van der Waals surface area contributed by atoms with E-state index >= 15 is 0 Å². The Labute approximate surface area is 214 Å². The third-order valence-corrected chi connectivity index (χ3v) is 7.63. The van der Waals surface area contributed by atoms with E-state index in [0.29, 0.717) is 0 Å². The molecule has 0 aliphatic heterocycles. The quantitative estimate of drug-likeness (QED) is 0.229. The van der Waals surface area contributed by atoms with Crippen LogP contribution in [-0.4, -0.2) is 0 Å². The minimum absolute atomic E-state index is 0.927. The van der Waals surface area contributed by atoms with E-state index in [0.717, 1.165) is 21.9 Å². The summed E-state index contributed by atoms with van der Waals surface area (Å²) >= 11 is 0. The van der Waals surface area contributed by atoms with Gasteiger partial charge in [0.25, 0.3) is 0 Å². The summed E-state index contributed by atoms with van der Waals surface area (Å²) in [4.78, 5) is 0. The molecule has 1 heterocycles. The highest BCUT2D eigenvalue weighted by molar-refractivity contribution is 6.11. The van der Waals surface area contributed by atoms with Crippen LogP contribution in [0.1, 0.15) is 0 Å². The average Bonchev–Trinajstić information content (AvgIpc) is 3.33. The molecule has 0 radical (unpaired) electrons. The van der Waals surface area contributed by atoms with E-state index in [1.807, 2.05) is 12.1 Å². The molecule has 8 rings (SSSR count). The van der Waals surface area contributed by atoms with Crippen molar-refractivity contribution in [2.24, 2.45) is 0 Å². The molecule has 8 aromatic rings. The smallest absolute Gasteiger partial charge is 0.135 e. The lowest BCUT2D eigenvalue weighted by molar-refractivity contribution is 0.669. The molecule has 7 aromatic carbocycles. The highest BCUT2D eigenvalue weighted by Crippen LogP contribution is 2.38. The van der Waals surface area contributed by atoms with Gasteiger partial charge in [-0.15, -0.1) is 0 Å². The first-order valence-corrected chi connectivity index (χ1v) is 12.7. The van der Waals surface area contributed by atoms with Crippen LogP contribution in [0.15, 0.2) is 138 Å². The molecular weight excluding hydrogens is 448 g/mol. The van der Waals surface area contributed by atoms with E-state index in [1.165, 1.54) is 54.6 Å². The number of benzene rings is 7. The van der Waals surface area contributed by atoms with Crippen LogP contribution in [0.4, 0.5) is 0 Å². The summed E-state index contributed by atoms with van der Waals surface area (Å²) in [6, 6.07) is 48.1. The molecule has 0 aliphatic carbocycles. The monoisotopic (exact) mass is 470 g/mol. The van der Waals surface area contributed by atoms with Gasteiger partial charge < -0.3 is 4.42 Å². The Kier molecular flexibility index (Phi) is 4.29. The Morgan fingerprint density at radius 3 is 1.70 bits per heavy atom. The number of fused-ring (bicyclic) bond motifs is 6. The molecule has 0 saturated carbocycles. The second kappa shape index (κ2) is 7.81. The third-order valence-electron chi connectivity index (χ3n) is 7.63. The minimum atomic E-state index is 0.927. The molecular formula is C36H22O. The molecule has 1 heteroatoms. The SMILES string of the molecule is c1ccc2cc(-c3cccc4cc5c(-c6ccc7oc8ccccc8c7c6)cccc5cc34)ccc2c1. The van der Waals surface area contributed by atoms with Gasteiger partial charge in [-0.25, -0.2) is 0 Å². The molecule has 172 valence electrons. The maximum Gasteiger partial charge on any atom is 0.135 e. The lowest BCUT2D eigenvalue weighted by Gasteiger charge is -2.12. The fraction of sp³-hybridized carbons (Fsp3) is 0. The number of furan rings is 1. The van der Waals surface area contributed by atoms with Crippen LogP contribution < -0.4 is 0 Å². The van der Waals surface area contributed by atoms with Crippen molar-refractivity contribution in [1.82, 2.24) is 0 Å². The van der Waals surface area contributed by atoms with Crippen LogP contribution in [0.3, 0.4) is 0 Å². The van der Waals surface area contributed by atoms with Crippen molar-refractivity contribution in [3.8, 4) is 22.3 Å². The van der Waals surface area contributed by atoms with Gasteiger partial charge in [0.1, 0.15) is 11.2 Å². The first-order valence-electron chi connectivity index (χ1n) is 12.7. The summed E-state index contributed by atoms with van der Waals surface area (Å²) in [6.07, 6.45) is 0. The Morgan fingerprint density at radius 2 is 0.919 bits per heavy atom. The molecule has 0 saturated heterocycles. The van der Waals surface area contributed by atoms with Gasteiger partial charge in [-0.1, -0.05) is 97.1 Å². The van der Waals surface area contributed by atoms with Gasteiger partial charge in [0, 0.05) is 10.8 Å². The lowest BCUT2D eigenvalue weighted by atomic mass is 9.91. The second-order valence-corrected chi connectivity index (χ2v) is 9.78. The molecule has 0 unspecified atom stereocenters. The van der Waals surface area contributed by atoms with Gasteiger partial charge >= 0.3 is 0 Å². The summed E-state index contributed by atoms with van der Waals surface area (Å²) in [5, 5.41) is 9.88. The van der Waals surface area contributed by atoms with Crippen LogP contribution in [0.2, 0.25) is 0 Å². The highest BCUT2D eigenvalue weighted by atomic mass is 16.3. The summed E-state index contributed by atoms with van der Waals surface area (Å²) in [7, 11) is 0. The molecule has 0 atom stereocenters. The summed E-state index contributed by atoms with van der Waals surface area (Å²) in [6.45, 7) is 0. The predicted octanol–water partition coefficient (Wildman–Crippen LogP) is 10.4. The van der Waals surface area contributed by atoms with Gasteiger partial charge in [-0.2, -0.15) is 0 Å². The number of hydrogen-bond acceptors (Lipinski definition) is 1. The van der Waals surface area contributed by atoms with Crippen LogP contribution >= 0.6 is 0 Å². The first kappa shape index (κ1) is 20.3. The molecule has 0 bridgehead atoms. The minimum Gasteiger partial charge on any atom is -0.456 e. The zero-order valence-electron chi connectivity index (χ0n) is 20.1. The number of hydrogen-bond donors (Lipinski definition) is 0. The van der Waals surface area contributed by atoms with E-state index in [2.05, 4.69) is 121 Å². The van der Waals surface area contributed by atoms with E-state index in [4.69, 9.17) is 4.42 Å². The molecule has 37 heavy (non-hydrogen) atoms. The zero-order valence-corrected chi connectivity index (χ0v) is 20.1. The number of para-hydroxylation sites is 1. The number of rotatable bonds is 2. The maximum atomic E-state index is 6.07. The van der Waals surface area contributed by atoms with Crippen molar-refractivity contribution in [1.29, 1.82) is 0 Å². The molecule has 0 N–H and O–H groups in total. The van der Waals surface area contributed by atoms with Gasteiger partial charge in [-0.3, -0.25) is 0 Å². The summed E-state index contributed by atoms with van der Waals surface area (Å²) in [5.41, 5.74) is 6.81. The van der Waals surface area contributed by atoms with Gasteiger partial charge in [0.05, 0.1) is 0 Å². The van der Waals surface area contributed by atoms with E-state index in [9.17, 15) is 0 Å². The van der Waals surface area contributed by atoms with Crippen LogP contribution in [-0.2, 0) is 0 Å². The zero-order chi connectivity index (χ0) is 24.3. The van der Waals surface area contributed by atoms with E-state index in [1.54, 1.807) is 0 Å². The van der Waals surface area contributed by atoms with Crippen molar-refractivity contribution in [3.05, 3.63) is 133 Å². The summed E-state index contributed by atoms with van der Waals surface area (Å²) in [5.74, 6) is 0. The average molecular weight is 471 g/mol. The molecule has 0 fully saturated rings. The fourth-order valence-electron chi connectivity index (χ4n) is 5.80. The fourth-order valence-corrected chi connectivity index (χ4v) is 5.80. The van der Waals surface area contributed by atoms with Gasteiger partial charge in [0.15, 0.2) is 0 Å². The van der Waals surface area contributed by atoms with Crippen molar-refractivity contribution in [2.75, 3.05) is 0 Å². The highest BCUT2D eigenvalue weighted by Gasteiger charge is 2.12. The first-order chi connectivity index (χ1) is 18.3. The Bertz CT molecular complexity index is 2140. The Hall–Kier alpha value is -4.88. The molecule has 1 nitrogen and oxygen atoms in total. The van der Waals surface area contributed by atoms with Crippen LogP contribution in [0.5, 0.6) is 0 Å². The molecule has 0 spiro atoms. The van der Waals surface area contributed by atoms with Crippen molar-refractivity contribution < 1.29 is 4.42 Å². The maximum absolute atomic E-state index is 6.07. The predicted molar refractivity (Wildman–Crippen MR) is 157 cm³/mol. The van der Waals surface area contributed by atoms with Gasteiger partial charge in [-0.05, 0) is 91.0 Å². The normalized spacial score (nSPS) is 11.8. The lowest BCUT2D eigenvalue weighted by Crippen LogP contribution is -1.86. The van der Waals surface area contributed by atoms with E-state index < -0.39 is 0 Å². The topological polar surface area (TPSA) is 13.1 Å². The molecule has 1 aromatic heterocycles. The third kappa shape index (κ3) is 3.18. The standard InChI is InChI=1S/C36H22O/c1-2-8-24-19-27(16-15-23(24)7-1)29-12-5-9-25-21-33-26(20-32(25)29)10-6-13-30(33)28-17-18-36-34(22-28)31-11-3-4-14-35(31)37-36/h1-22H. The van der Waals surface area contributed by atoms with Crippen molar-refractivity contribution in [2.45, 2.75) is 0 Å². The summed E-state index contributed by atoms with van der Waals surface area (Å²) < 4.78 is 6.07. The second-order valence-electron chi connectivity index (χ2n) is 9.78. The van der Waals surface area contributed by atoms with Gasteiger partial charge in [0.2, 0.25) is 0 Å².